The largest absolute Gasteiger partial charge is 0.456 e. The van der Waals surface area contributed by atoms with Crippen LogP contribution < -0.4 is 5.73 Å². The van der Waals surface area contributed by atoms with Crippen LogP contribution in [0.4, 0.5) is 0 Å². The number of hydrogen-bond donors (Lipinski definition) is 1. The van der Waals surface area contributed by atoms with Gasteiger partial charge in [0, 0.05) is 28.9 Å². The fraction of sp³-hybridized carbons (Fsp3) is 0.0476. The van der Waals surface area contributed by atoms with Gasteiger partial charge in [0.25, 0.3) is 0 Å². The predicted molar refractivity (Wildman–Crippen MR) is 103 cm³/mol. The van der Waals surface area contributed by atoms with Gasteiger partial charge in [-0.3, -0.25) is 4.99 Å². The highest BCUT2D eigenvalue weighted by molar-refractivity contribution is 6.20. The lowest BCUT2D eigenvalue weighted by Crippen LogP contribution is -2.16. The van der Waals surface area contributed by atoms with Crippen molar-refractivity contribution in [3.63, 3.8) is 0 Å². The minimum absolute atomic E-state index is 0.436. The van der Waals surface area contributed by atoms with Gasteiger partial charge in [0.2, 0.25) is 0 Å². The van der Waals surface area contributed by atoms with Crippen LogP contribution in [0.1, 0.15) is 11.1 Å². The zero-order valence-corrected chi connectivity index (χ0v) is 13.8. The fourth-order valence-corrected chi connectivity index (χ4v) is 2.98. The Bertz CT molecular complexity index is 1110. The van der Waals surface area contributed by atoms with E-state index in [2.05, 4.69) is 9.98 Å². The van der Waals surface area contributed by atoms with E-state index in [1.165, 1.54) is 0 Å². The average Bonchev–Trinajstić information content (AvgIpc) is 3.05. The zero-order chi connectivity index (χ0) is 17.2. The van der Waals surface area contributed by atoms with Gasteiger partial charge in [-0.05, 0) is 12.1 Å². The molecule has 0 saturated carbocycles. The van der Waals surface area contributed by atoms with E-state index in [4.69, 9.17) is 10.2 Å². The first-order valence-electron chi connectivity index (χ1n) is 8.05. The smallest absolute Gasteiger partial charge is 0.157 e. The Hall–Kier alpha value is -3.40. The van der Waals surface area contributed by atoms with E-state index in [0.717, 1.165) is 33.1 Å². The van der Waals surface area contributed by atoms with E-state index in [0.29, 0.717) is 11.7 Å². The van der Waals surface area contributed by atoms with E-state index in [-0.39, 0.29) is 0 Å². The zero-order valence-electron chi connectivity index (χ0n) is 13.8. The predicted octanol–water partition coefficient (Wildman–Crippen LogP) is 4.37. The Kier molecular flexibility index (Phi) is 3.78. The number of benzene rings is 3. The summed E-state index contributed by atoms with van der Waals surface area (Å²) in [6, 6.07) is 23.5. The van der Waals surface area contributed by atoms with Gasteiger partial charge in [-0.2, -0.15) is 0 Å². The molecule has 0 atom stereocenters. The van der Waals surface area contributed by atoms with Crippen LogP contribution in [0.3, 0.4) is 0 Å². The second-order valence-electron chi connectivity index (χ2n) is 5.69. The lowest BCUT2D eigenvalue weighted by atomic mass is 10.1. The number of para-hydroxylation sites is 1. The SMILES string of the molecule is CN=C(N=C(N)c1ccccc1)c1cccc2oc3ccccc3c12. The summed E-state index contributed by atoms with van der Waals surface area (Å²) in [6.45, 7) is 0. The molecule has 0 radical (unpaired) electrons. The van der Waals surface area contributed by atoms with Crippen LogP contribution in [0.2, 0.25) is 0 Å². The number of fused-ring (bicyclic) bond motifs is 3. The number of nitrogens with two attached hydrogens (primary N) is 1. The van der Waals surface area contributed by atoms with E-state index < -0.39 is 0 Å². The van der Waals surface area contributed by atoms with E-state index >= 15 is 0 Å². The van der Waals surface area contributed by atoms with Crippen LogP contribution in [-0.4, -0.2) is 18.7 Å². The van der Waals surface area contributed by atoms with Gasteiger partial charge in [0.05, 0.1) is 0 Å². The molecule has 1 aromatic heterocycles. The van der Waals surface area contributed by atoms with Gasteiger partial charge in [0.15, 0.2) is 5.84 Å². The van der Waals surface area contributed by atoms with Crippen LogP contribution in [0.5, 0.6) is 0 Å². The van der Waals surface area contributed by atoms with Crippen LogP contribution >= 0.6 is 0 Å². The van der Waals surface area contributed by atoms with Crippen molar-refractivity contribution >= 4 is 33.6 Å². The van der Waals surface area contributed by atoms with Gasteiger partial charge in [0.1, 0.15) is 17.0 Å². The minimum Gasteiger partial charge on any atom is -0.456 e. The lowest BCUT2D eigenvalue weighted by molar-refractivity contribution is 0.669. The molecule has 0 unspecified atom stereocenters. The van der Waals surface area contributed by atoms with Gasteiger partial charge >= 0.3 is 0 Å². The summed E-state index contributed by atoms with van der Waals surface area (Å²) in [5.74, 6) is 1.02. The van der Waals surface area contributed by atoms with Crippen molar-refractivity contribution in [1.29, 1.82) is 0 Å². The molecule has 0 aliphatic rings. The highest BCUT2D eigenvalue weighted by Gasteiger charge is 2.14. The van der Waals surface area contributed by atoms with Gasteiger partial charge < -0.3 is 10.2 Å². The molecule has 1 heterocycles. The molecule has 0 amide bonds. The maximum Gasteiger partial charge on any atom is 0.157 e. The highest BCUT2D eigenvalue weighted by Crippen LogP contribution is 2.31. The Balaban J connectivity index is 1.90. The fourth-order valence-electron chi connectivity index (χ4n) is 2.98. The van der Waals surface area contributed by atoms with Crippen molar-refractivity contribution < 1.29 is 4.42 Å². The third-order valence-electron chi connectivity index (χ3n) is 4.15. The van der Waals surface area contributed by atoms with Crippen molar-refractivity contribution in [2.24, 2.45) is 15.7 Å². The average molecular weight is 327 g/mol. The molecule has 0 fully saturated rings. The normalized spacial score (nSPS) is 12.8. The number of hydrogen-bond acceptors (Lipinski definition) is 2. The van der Waals surface area contributed by atoms with Crippen LogP contribution in [0.15, 0.2) is 87.2 Å². The molecule has 4 nitrogen and oxygen atoms in total. The molecule has 4 aromatic rings. The van der Waals surface area contributed by atoms with Crippen molar-refractivity contribution in [2.75, 3.05) is 7.05 Å². The quantitative estimate of drug-likeness (QED) is 0.439. The summed E-state index contributed by atoms with van der Waals surface area (Å²) in [5, 5.41) is 2.05. The molecule has 4 heteroatoms. The van der Waals surface area contributed by atoms with Crippen LogP contribution in [0, 0.1) is 0 Å². The van der Waals surface area contributed by atoms with E-state index in [1.54, 1.807) is 7.05 Å². The first kappa shape index (κ1) is 15.1. The minimum atomic E-state index is 0.436. The van der Waals surface area contributed by atoms with E-state index in [9.17, 15) is 0 Å². The van der Waals surface area contributed by atoms with Crippen molar-refractivity contribution in [2.45, 2.75) is 0 Å². The number of aliphatic imine (C=N–C) groups is 2. The molecule has 122 valence electrons. The third-order valence-corrected chi connectivity index (χ3v) is 4.15. The van der Waals surface area contributed by atoms with Gasteiger partial charge in [-0.25, -0.2) is 4.99 Å². The Morgan fingerprint density at radius 3 is 2.36 bits per heavy atom. The molecule has 0 spiro atoms. The topological polar surface area (TPSA) is 63.9 Å². The Labute approximate surface area is 145 Å². The highest BCUT2D eigenvalue weighted by atomic mass is 16.3. The summed E-state index contributed by atoms with van der Waals surface area (Å²) < 4.78 is 5.94. The summed E-state index contributed by atoms with van der Waals surface area (Å²) in [4.78, 5) is 8.94. The molecular weight excluding hydrogens is 310 g/mol. The maximum atomic E-state index is 6.19. The molecular formula is C21H17N3O. The molecule has 0 bridgehead atoms. The van der Waals surface area contributed by atoms with Gasteiger partial charge in [-0.15, -0.1) is 0 Å². The number of rotatable bonds is 2. The van der Waals surface area contributed by atoms with E-state index in [1.807, 2.05) is 72.8 Å². The standard InChI is InChI=1S/C21H17N3O/c1-23-21(24-20(22)14-8-3-2-4-9-14)16-11-7-13-18-19(16)15-10-5-6-12-17(15)25-18/h2-13H,1H3,(H2,22,23,24). The summed E-state index contributed by atoms with van der Waals surface area (Å²) in [7, 11) is 1.72. The van der Waals surface area contributed by atoms with Crippen molar-refractivity contribution in [3.8, 4) is 0 Å². The summed E-state index contributed by atoms with van der Waals surface area (Å²) >= 11 is 0. The number of nitrogens with zero attached hydrogens (tertiary/aromatic N) is 2. The van der Waals surface area contributed by atoms with Crippen molar-refractivity contribution in [1.82, 2.24) is 0 Å². The lowest BCUT2D eigenvalue weighted by Gasteiger charge is -2.05. The molecule has 4 rings (SSSR count). The molecule has 0 aliphatic carbocycles. The summed E-state index contributed by atoms with van der Waals surface area (Å²) in [6.07, 6.45) is 0. The monoisotopic (exact) mass is 327 g/mol. The first-order chi connectivity index (χ1) is 12.3. The number of amidine groups is 2. The summed E-state index contributed by atoms with van der Waals surface area (Å²) in [5.41, 5.74) is 9.62. The molecule has 0 aliphatic heterocycles. The van der Waals surface area contributed by atoms with Crippen LogP contribution in [0.25, 0.3) is 21.9 Å². The molecule has 25 heavy (non-hydrogen) atoms. The Morgan fingerprint density at radius 2 is 1.56 bits per heavy atom. The maximum absolute atomic E-state index is 6.19. The third kappa shape index (κ3) is 2.68. The second kappa shape index (κ2) is 6.24. The number of furan rings is 1. The Morgan fingerprint density at radius 1 is 0.840 bits per heavy atom. The molecule has 2 N–H and O–H groups in total. The first-order valence-corrected chi connectivity index (χ1v) is 8.05. The van der Waals surface area contributed by atoms with Gasteiger partial charge in [-0.1, -0.05) is 60.7 Å². The van der Waals surface area contributed by atoms with Crippen molar-refractivity contribution in [3.05, 3.63) is 83.9 Å². The molecule has 3 aromatic carbocycles. The second-order valence-corrected chi connectivity index (χ2v) is 5.69. The molecule has 0 saturated heterocycles. The van der Waals surface area contributed by atoms with Crippen LogP contribution in [-0.2, 0) is 0 Å².